The lowest BCUT2D eigenvalue weighted by Gasteiger charge is -2.28. The third kappa shape index (κ3) is 3.94. The van der Waals surface area contributed by atoms with Crippen molar-refractivity contribution in [3.8, 4) is 0 Å². The fourth-order valence-electron chi connectivity index (χ4n) is 2.88. The minimum atomic E-state index is -1.14. The quantitative estimate of drug-likeness (QED) is 0.873. The van der Waals surface area contributed by atoms with E-state index in [9.17, 15) is 23.2 Å². The fraction of sp³-hybridized carbons (Fsp3) is 0.211. The highest BCUT2D eigenvalue weighted by molar-refractivity contribution is 6.06. The summed E-state index contributed by atoms with van der Waals surface area (Å²) in [5.41, 5.74) is 5.82. The largest absolute Gasteiger partial charge is 0.366 e. The molecule has 0 saturated carbocycles. The van der Waals surface area contributed by atoms with E-state index in [0.717, 1.165) is 12.1 Å². The molecular weight excluding hydrogens is 356 g/mol. The number of rotatable bonds is 5. The number of benzene rings is 2. The average molecular weight is 373 g/mol. The second-order valence-electron chi connectivity index (χ2n) is 6.18. The summed E-state index contributed by atoms with van der Waals surface area (Å²) in [5.74, 6) is -3.50. The minimum absolute atomic E-state index is 0.0351. The SMILES string of the molecule is NC(=O)c1ccc(N(CN2CCCC2=O)C(=O)c2ccc(F)c(F)c2)cc1. The summed E-state index contributed by atoms with van der Waals surface area (Å²) in [7, 11) is 0. The molecule has 2 aromatic rings. The van der Waals surface area contributed by atoms with Gasteiger partial charge in [-0.3, -0.25) is 19.3 Å². The Morgan fingerprint density at radius 2 is 1.70 bits per heavy atom. The van der Waals surface area contributed by atoms with Crippen molar-refractivity contribution in [3.63, 3.8) is 0 Å². The van der Waals surface area contributed by atoms with Crippen LogP contribution in [0.3, 0.4) is 0 Å². The first kappa shape index (κ1) is 18.5. The second-order valence-corrected chi connectivity index (χ2v) is 6.18. The topological polar surface area (TPSA) is 83.7 Å². The van der Waals surface area contributed by atoms with Gasteiger partial charge in [-0.2, -0.15) is 0 Å². The number of likely N-dealkylation sites (tertiary alicyclic amines) is 1. The lowest BCUT2D eigenvalue weighted by atomic mass is 10.1. The Balaban J connectivity index is 1.95. The number of nitrogens with zero attached hydrogens (tertiary/aromatic N) is 2. The summed E-state index contributed by atoms with van der Waals surface area (Å²) in [6, 6.07) is 8.80. The summed E-state index contributed by atoms with van der Waals surface area (Å²) in [5, 5.41) is 0. The molecule has 3 rings (SSSR count). The Morgan fingerprint density at radius 3 is 2.26 bits per heavy atom. The van der Waals surface area contributed by atoms with E-state index < -0.39 is 23.4 Å². The van der Waals surface area contributed by atoms with Crippen molar-refractivity contribution >= 4 is 23.4 Å². The van der Waals surface area contributed by atoms with Crippen LogP contribution in [0, 0.1) is 11.6 Å². The standard InChI is InChI=1S/C19H17F2N3O3/c20-15-8-5-13(10-16(15)21)19(27)24(11-23-9-1-2-17(23)25)14-6-3-12(4-7-14)18(22)26/h3-8,10H,1-2,9,11H2,(H2,22,26). The van der Waals surface area contributed by atoms with Crippen molar-refractivity contribution in [2.45, 2.75) is 12.8 Å². The molecule has 2 aromatic carbocycles. The smallest absolute Gasteiger partial charge is 0.259 e. The predicted molar refractivity (Wildman–Crippen MR) is 93.9 cm³/mol. The fourth-order valence-corrected chi connectivity index (χ4v) is 2.88. The molecule has 0 unspecified atom stereocenters. The Hall–Kier alpha value is -3.29. The number of hydrogen-bond acceptors (Lipinski definition) is 3. The average Bonchev–Trinajstić information content (AvgIpc) is 3.06. The van der Waals surface area contributed by atoms with E-state index in [2.05, 4.69) is 0 Å². The molecule has 2 N–H and O–H groups in total. The van der Waals surface area contributed by atoms with E-state index in [1.54, 1.807) is 0 Å². The van der Waals surface area contributed by atoms with E-state index in [0.29, 0.717) is 25.1 Å². The van der Waals surface area contributed by atoms with Gasteiger partial charge >= 0.3 is 0 Å². The van der Waals surface area contributed by atoms with Gasteiger partial charge in [-0.15, -0.1) is 0 Å². The molecule has 1 aliphatic rings. The van der Waals surface area contributed by atoms with Gasteiger partial charge in [-0.05, 0) is 48.9 Å². The van der Waals surface area contributed by atoms with Gasteiger partial charge in [-0.1, -0.05) is 0 Å². The highest BCUT2D eigenvalue weighted by Gasteiger charge is 2.27. The maximum atomic E-state index is 13.6. The number of halogens is 2. The molecule has 3 amide bonds. The van der Waals surface area contributed by atoms with E-state index in [1.807, 2.05) is 0 Å². The molecule has 8 heteroatoms. The van der Waals surface area contributed by atoms with Crippen molar-refractivity contribution in [2.24, 2.45) is 5.73 Å². The van der Waals surface area contributed by atoms with Crippen LogP contribution < -0.4 is 10.6 Å². The van der Waals surface area contributed by atoms with Crippen LogP contribution in [0.15, 0.2) is 42.5 Å². The first-order valence-electron chi connectivity index (χ1n) is 8.31. The van der Waals surface area contributed by atoms with Gasteiger partial charge in [0.15, 0.2) is 11.6 Å². The Bertz CT molecular complexity index is 900. The van der Waals surface area contributed by atoms with Crippen LogP contribution in [0.2, 0.25) is 0 Å². The summed E-state index contributed by atoms with van der Waals surface area (Å²) < 4.78 is 26.7. The third-order valence-electron chi connectivity index (χ3n) is 4.36. The van der Waals surface area contributed by atoms with Gasteiger partial charge in [-0.25, -0.2) is 8.78 Å². The van der Waals surface area contributed by atoms with Crippen molar-refractivity contribution < 1.29 is 23.2 Å². The summed E-state index contributed by atoms with van der Waals surface area (Å²) in [6.45, 7) is 0.465. The van der Waals surface area contributed by atoms with Crippen molar-refractivity contribution in [3.05, 3.63) is 65.2 Å². The summed E-state index contributed by atoms with van der Waals surface area (Å²) >= 11 is 0. The maximum Gasteiger partial charge on any atom is 0.259 e. The third-order valence-corrected chi connectivity index (χ3v) is 4.36. The zero-order chi connectivity index (χ0) is 19.6. The molecule has 0 aliphatic carbocycles. The molecule has 1 aliphatic heterocycles. The zero-order valence-electron chi connectivity index (χ0n) is 14.3. The highest BCUT2D eigenvalue weighted by atomic mass is 19.2. The lowest BCUT2D eigenvalue weighted by Crippen LogP contribution is -2.42. The molecule has 0 spiro atoms. The molecule has 0 atom stereocenters. The van der Waals surface area contributed by atoms with E-state index >= 15 is 0 Å². The van der Waals surface area contributed by atoms with E-state index in [1.165, 1.54) is 40.1 Å². The van der Waals surface area contributed by atoms with Crippen LogP contribution in [0.5, 0.6) is 0 Å². The van der Waals surface area contributed by atoms with Gasteiger partial charge in [0.2, 0.25) is 11.8 Å². The first-order valence-corrected chi connectivity index (χ1v) is 8.31. The van der Waals surface area contributed by atoms with Crippen LogP contribution in [0.4, 0.5) is 14.5 Å². The van der Waals surface area contributed by atoms with Gasteiger partial charge in [0.05, 0.1) is 0 Å². The molecule has 1 saturated heterocycles. The molecular formula is C19H17F2N3O3. The molecule has 0 radical (unpaired) electrons. The predicted octanol–water partition coefficient (Wildman–Crippen LogP) is 2.29. The molecule has 1 heterocycles. The van der Waals surface area contributed by atoms with Gasteiger partial charge in [0, 0.05) is 29.8 Å². The van der Waals surface area contributed by atoms with Gasteiger partial charge in [0.25, 0.3) is 5.91 Å². The monoisotopic (exact) mass is 373 g/mol. The molecule has 27 heavy (non-hydrogen) atoms. The first-order chi connectivity index (χ1) is 12.9. The number of primary amides is 1. The maximum absolute atomic E-state index is 13.6. The molecule has 6 nitrogen and oxygen atoms in total. The van der Waals surface area contributed by atoms with E-state index in [4.69, 9.17) is 5.73 Å². The molecule has 140 valence electrons. The summed E-state index contributed by atoms with van der Waals surface area (Å²) in [6.07, 6.45) is 1.08. The molecule has 0 bridgehead atoms. The minimum Gasteiger partial charge on any atom is -0.366 e. The normalized spacial score (nSPS) is 13.7. The van der Waals surface area contributed by atoms with Crippen LogP contribution in [-0.4, -0.2) is 35.8 Å². The number of nitrogens with two attached hydrogens (primary N) is 1. The van der Waals surface area contributed by atoms with E-state index in [-0.39, 0.29) is 23.7 Å². The number of hydrogen-bond donors (Lipinski definition) is 1. The van der Waals surface area contributed by atoms with Crippen molar-refractivity contribution in [2.75, 3.05) is 18.1 Å². The molecule has 1 fully saturated rings. The summed E-state index contributed by atoms with van der Waals surface area (Å²) in [4.78, 5) is 38.9. The van der Waals surface area contributed by atoms with Crippen LogP contribution in [-0.2, 0) is 4.79 Å². The van der Waals surface area contributed by atoms with Gasteiger partial charge in [0.1, 0.15) is 6.67 Å². The van der Waals surface area contributed by atoms with Crippen molar-refractivity contribution in [1.29, 1.82) is 0 Å². The number of carbonyl (C=O) groups excluding carboxylic acids is 3. The van der Waals surface area contributed by atoms with Crippen LogP contribution >= 0.6 is 0 Å². The Morgan fingerprint density at radius 1 is 1.04 bits per heavy atom. The number of carbonyl (C=O) groups is 3. The zero-order valence-corrected chi connectivity index (χ0v) is 14.3. The Labute approximate surface area is 154 Å². The van der Waals surface area contributed by atoms with Crippen molar-refractivity contribution in [1.82, 2.24) is 4.90 Å². The highest BCUT2D eigenvalue weighted by Crippen LogP contribution is 2.22. The van der Waals surface area contributed by atoms with Crippen LogP contribution in [0.25, 0.3) is 0 Å². The molecule has 0 aromatic heterocycles. The number of anilines is 1. The Kier molecular flexibility index (Phi) is 5.16. The van der Waals surface area contributed by atoms with Gasteiger partial charge < -0.3 is 10.6 Å². The number of amides is 3. The second kappa shape index (κ2) is 7.53. The van der Waals surface area contributed by atoms with Crippen LogP contribution in [0.1, 0.15) is 33.6 Å². The lowest BCUT2D eigenvalue weighted by molar-refractivity contribution is -0.127.